The van der Waals surface area contributed by atoms with E-state index in [0.717, 1.165) is 31.1 Å². The van der Waals surface area contributed by atoms with Crippen molar-refractivity contribution < 1.29 is 4.74 Å². The zero-order valence-electron chi connectivity index (χ0n) is 13.8. The fraction of sp³-hybridized carbons (Fsp3) is 0.368. The van der Waals surface area contributed by atoms with Gasteiger partial charge < -0.3 is 15.0 Å². The normalized spacial score (nSPS) is 11.0. The Labute approximate surface area is 133 Å². The van der Waals surface area contributed by atoms with Gasteiger partial charge in [0.15, 0.2) is 0 Å². The third-order valence-electron chi connectivity index (χ3n) is 3.35. The molecule has 0 aliphatic heterocycles. The Morgan fingerprint density at radius 2 is 1.68 bits per heavy atom. The van der Waals surface area contributed by atoms with Crippen molar-refractivity contribution >= 4 is 5.69 Å². The summed E-state index contributed by atoms with van der Waals surface area (Å²) in [5.74, 6) is 0.920. The van der Waals surface area contributed by atoms with Crippen LogP contribution < -0.4 is 10.1 Å². The van der Waals surface area contributed by atoms with Gasteiger partial charge in [-0.2, -0.15) is 0 Å². The van der Waals surface area contributed by atoms with Gasteiger partial charge in [0.2, 0.25) is 0 Å². The van der Waals surface area contributed by atoms with Gasteiger partial charge in [-0.25, -0.2) is 0 Å². The molecule has 0 heterocycles. The fourth-order valence-corrected chi connectivity index (χ4v) is 2.32. The van der Waals surface area contributed by atoms with E-state index in [1.165, 1.54) is 5.56 Å². The third kappa shape index (κ3) is 5.41. The van der Waals surface area contributed by atoms with E-state index >= 15 is 0 Å². The average molecular weight is 298 g/mol. The van der Waals surface area contributed by atoms with Crippen molar-refractivity contribution in [1.29, 1.82) is 0 Å². The first-order valence-electron chi connectivity index (χ1n) is 7.87. The minimum absolute atomic E-state index is 0.184. The summed E-state index contributed by atoms with van der Waals surface area (Å²) in [6, 6.07) is 18.7. The molecule has 1 N–H and O–H groups in total. The second kappa shape index (κ2) is 8.44. The summed E-state index contributed by atoms with van der Waals surface area (Å²) in [6.07, 6.45) is 0.184. The van der Waals surface area contributed by atoms with Gasteiger partial charge in [-0.05, 0) is 38.6 Å². The van der Waals surface area contributed by atoms with Gasteiger partial charge in [0.05, 0.1) is 11.8 Å². The van der Waals surface area contributed by atoms with Gasteiger partial charge >= 0.3 is 0 Å². The Morgan fingerprint density at radius 3 is 2.41 bits per heavy atom. The van der Waals surface area contributed by atoms with Crippen LogP contribution in [0.25, 0.3) is 0 Å². The van der Waals surface area contributed by atoms with Crippen LogP contribution in [0.4, 0.5) is 5.69 Å². The van der Waals surface area contributed by atoms with Crippen LogP contribution in [-0.4, -0.2) is 31.1 Å². The molecule has 2 rings (SSSR count). The van der Waals surface area contributed by atoms with Crippen molar-refractivity contribution in [2.24, 2.45) is 0 Å². The Hall–Kier alpha value is -2.00. The number of nitrogens with one attached hydrogen (secondary N) is 1. The van der Waals surface area contributed by atoms with E-state index in [4.69, 9.17) is 4.74 Å². The smallest absolute Gasteiger partial charge is 0.142 e. The molecule has 0 saturated heterocycles. The molecule has 2 aromatic rings. The lowest BCUT2D eigenvalue weighted by atomic mass is 10.2. The lowest BCUT2D eigenvalue weighted by Crippen LogP contribution is -2.25. The molecule has 0 aliphatic carbocycles. The van der Waals surface area contributed by atoms with Crippen LogP contribution in [0.1, 0.15) is 19.4 Å². The predicted octanol–water partition coefficient (Wildman–Crippen LogP) is 4.02. The number of likely N-dealkylation sites (N-methyl/N-ethyl adjacent to an activating group) is 1. The molecule has 0 saturated carbocycles. The lowest BCUT2D eigenvalue weighted by molar-refractivity contribution is 0.243. The van der Waals surface area contributed by atoms with Crippen molar-refractivity contribution in [1.82, 2.24) is 4.90 Å². The van der Waals surface area contributed by atoms with E-state index in [9.17, 15) is 0 Å². The Balaban J connectivity index is 1.81. The maximum atomic E-state index is 5.82. The molecule has 3 heteroatoms. The zero-order chi connectivity index (χ0) is 15.8. The van der Waals surface area contributed by atoms with Gasteiger partial charge in [-0.3, -0.25) is 0 Å². The van der Waals surface area contributed by atoms with Crippen LogP contribution in [-0.2, 0) is 6.54 Å². The molecular formula is C19H26N2O. The van der Waals surface area contributed by atoms with Gasteiger partial charge in [-0.1, -0.05) is 42.5 Å². The molecule has 0 fully saturated rings. The molecule has 0 aromatic heterocycles. The summed E-state index contributed by atoms with van der Waals surface area (Å²) >= 11 is 0. The van der Waals surface area contributed by atoms with Crippen LogP contribution >= 0.6 is 0 Å². The van der Waals surface area contributed by atoms with Crippen molar-refractivity contribution in [2.75, 3.05) is 25.5 Å². The topological polar surface area (TPSA) is 24.5 Å². The van der Waals surface area contributed by atoms with E-state index in [1.54, 1.807) is 0 Å². The van der Waals surface area contributed by atoms with Crippen molar-refractivity contribution in [3.63, 3.8) is 0 Å². The molecular weight excluding hydrogens is 272 g/mol. The van der Waals surface area contributed by atoms with Gasteiger partial charge in [-0.15, -0.1) is 0 Å². The SMILES string of the molecule is CC(C)Oc1ccccc1NCCN(C)Cc1ccccc1. The molecule has 22 heavy (non-hydrogen) atoms. The summed E-state index contributed by atoms with van der Waals surface area (Å²) in [5, 5.41) is 3.47. The number of hydrogen-bond donors (Lipinski definition) is 1. The first kappa shape index (κ1) is 16.4. The Bertz CT molecular complexity index is 554. The summed E-state index contributed by atoms with van der Waals surface area (Å²) in [7, 11) is 2.14. The largest absolute Gasteiger partial charge is 0.489 e. The second-order valence-electron chi connectivity index (χ2n) is 5.81. The highest BCUT2D eigenvalue weighted by Crippen LogP contribution is 2.24. The maximum absolute atomic E-state index is 5.82. The first-order chi connectivity index (χ1) is 10.6. The lowest BCUT2D eigenvalue weighted by Gasteiger charge is -2.19. The average Bonchev–Trinajstić information content (AvgIpc) is 2.49. The van der Waals surface area contributed by atoms with Gasteiger partial charge in [0.25, 0.3) is 0 Å². The monoisotopic (exact) mass is 298 g/mol. The molecule has 118 valence electrons. The minimum atomic E-state index is 0.184. The summed E-state index contributed by atoms with van der Waals surface area (Å²) in [6.45, 7) is 6.92. The number of anilines is 1. The second-order valence-corrected chi connectivity index (χ2v) is 5.81. The van der Waals surface area contributed by atoms with Crippen LogP contribution in [0.5, 0.6) is 5.75 Å². The van der Waals surface area contributed by atoms with Crippen LogP contribution in [0, 0.1) is 0 Å². The number of hydrogen-bond acceptors (Lipinski definition) is 3. The van der Waals surface area contributed by atoms with Crippen molar-refractivity contribution in [3.05, 3.63) is 60.2 Å². The highest BCUT2D eigenvalue weighted by molar-refractivity contribution is 5.56. The predicted molar refractivity (Wildman–Crippen MR) is 93.5 cm³/mol. The number of para-hydroxylation sites is 2. The summed E-state index contributed by atoms with van der Waals surface area (Å²) in [4.78, 5) is 2.31. The number of nitrogens with zero attached hydrogens (tertiary/aromatic N) is 1. The van der Waals surface area contributed by atoms with E-state index in [1.807, 2.05) is 32.0 Å². The first-order valence-corrected chi connectivity index (χ1v) is 7.87. The highest BCUT2D eigenvalue weighted by atomic mass is 16.5. The molecule has 0 unspecified atom stereocenters. The van der Waals surface area contributed by atoms with Crippen molar-refractivity contribution in [2.45, 2.75) is 26.5 Å². The van der Waals surface area contributed by atoms with E-state index in [0.29, 0.717) is 0 Å². The molecule has 0 amide bonds. The van der Waals surface area contributed by atoms with Crippen LogP contribution in [0.15, 0.2) is 54.6 Å². The van der Waals surface area contributed by atoms with E-state index in [2.05, 4.69) is 53.7 Å². The molecule has 3 nitrogen and oxygen atoms in total. The standard InChI is InChI=1S/C19H26N2O/c1-16(2)22-19-12-8-7-11-18(19)20-13-14-21(3)15-17-9-5-4-6-10-17/h4-12,16,20H,13-15H2,1-3H3. The zero-order valence-corrected chi connectivity index (χ0v) is 13.8. The molecule has 0 aliphatic rings. The minimum Gasteiger partial charge on any atom is -0.489 e. The van der Waals surface area contributed by atoms with E-state index < -0.39 is 0 Å². The van der Waals surface area contributed by atoms with E-state index in [-0.39, 0.29) is 6.10 Å². The number of ether oxygens (including phenoxy) is 1. The highest BCUT2D eigenvalue weighted by Gasteiger charge is 2.05. The molecule has 0 spiro atoms. The molecule has 0 bridgehead atoms. The van der Waals surface area contributed by atoms with Crippen molar-refractivity contribution in [3.8, 4) is 5.75 Å². The molecule has 0 radical (unpaired) electrons. The van der Waals surface area contributed by atoms with Gasteiger partial charge in [0.1, 0.15) is 5.75 Å². The maximum Gasteiger partial charge on any atom is 0.142 e. The Morgan fingerprint density at radius 1 is 1.00 bits per heavy atom. The molecule has 0 atom stereocenters. The molecule has 2 aromatic carbocycles. The Kier molecular flexibility index (Phi) is 6.28. The third-order valence-corrected chi connectivity index (χ3v) is 3.35. The quantitative estimate of drug-likeness (QED) is 0.796. The van der Waals surface area contributed by atoms with Crippen LogP contribution in [0.2, 0.25) is 0 Å². The van der Waals surface area contributed by atoms with Crippen LogP contribution in [0.3, 0.4) is 0 Å². The summed E-state index contributed by atoms with van der Waals surface area (Å²) < 4.78 is 5.82. The van der Waals surface area contributed by atoms with Gasteiger partial charge in [0, 0.05) is 19.6 Å². The fourth-order valence-electron chi connectivity index (χ4n) is 2.32. The summed E-state index contributed by atoms with van der Waals surface area (Å²) in [5.41, 5.74) is 2.40. The number of benzene rings is 2. The number of rotatable bonds is 8.